The second-order valence-electron chi connectivity index (χ2n) is 7.89. The van der Waals surface area contributed by atoms with E-state index < -0.39 is 0 Å². The molecule has 3 aromatic heterocycles. The number of fused-ring (bicyclic) bond motifs is 1. The number of benzene rings is 2. The van der Waals surface area contributed by atoms with Gasteiger partial charge in [0.15, 0.2) is 0 Å². The van der Waals surface area contributed by atoms with Crippen molar-refractivity contribution >= 4 is 28.2 Å². The van der Waals surface area contributed by atoms with Crippen LogP contribution in [0.15, 0.2) is 88.6 Å². The van der Waals surface area contributed by atoms with Gasteiger partial charge in [0, 0.05) is 34.5 Å². The second kappa shape index (κ2) is 9.41. The summed E-state index contributed by atoms with van der Waals surface area (Å²) in [4.78, 5) is 20.1. The smallest absolute Gasteiger partial charge is 0.253 e. The molecule has 0 aliphatic carbocycles. The van der Waals surface area contributed by atoms with E-state index in [0.717, 1.165) is 27.9 Å². The highest BCUT2D eigenvalue weighted by atomic mass is 35.5. The van der Waals surface area contributed by atoms with Crippen molar-refractivity contribution < 1.29 is 9.26 Å². The summed E-state index contributed by atoms with van der Waals surface area (Å²) in [7, 11) is 0. The number of aromatic nitrogens is 3. The Morgan fingerprint density at radius 1 is 1.12 bits per heavy atom. The van der Waals surface area contributed by atoms with Crippen molar-refractivity contribution in [3.8, 4) is 16.9 Å². The highest BCUT2D eigenvalue weighted by molar-refractivity contribution is 6.32. The number of hydrogen-bond donors (Lipinski definition) is 2. The molecule has 5 rings (SSSR count). The van der Waals surface area contributed by atoms with Gasteiger partial charge >= 0.3 is 0 Å². The first-order chi connectivity index (χ1) is 16.6. The van der Waals surface area contributed by atoms with Crippen LogP contribution < -0.4 is 15.6 Å². The number of nitrogens with one attached hydrogen (secondary N) is 2. The Morgan fingerprint density at radius 2 is 2.03 bits per heavy atom. The average Bonchev–Trinajstić information content (AvgIpc) is 3.39. The maximum Gasteiger partial charge on any atom is 0.253 e. The lowest BCUT2D eigenvalue weighted by Gasteiger charge is -2.16. The zero-order valence-corrected chi connectivity index (χ0v) is 19.0. The number of halogens is 1. The minimum atomic E-state index is -0.246. The summed E-state index contributed by atoms with van der Waals surface area (Å²) in [5.74, 6) is 0.486. The van der Waals surface area contributed by atoms with Crippen LogP contribution in [0.2, 0.25) is 5.02 Å². The standard InChI is InChI=1S/C26H21ClN4O3/c1-16(30-20-7-4-5-17(9-20)19-13-29-34-14-19)22-10-18-11-23(27)25(12-24(18)31-26(22)32)33-15-21-6-2-3-8-28-21/h2-14,16,30H,15H2,1H3,(H,31,32)/t16-/m0/s1. The Labute approximate surface area is 200 Å². The van der Waals surface area contributed by atoms with Crippen LogP contribution in [0.1, 0.15) is 24.2 Å². The lowest BCUT2D eigenvalue weighted by molar-refractivity contribution is 0.302. The Morgan fingerprint density at radius 3 is 2.82 bits per heavy atom. The molecule has 0 bridgehead atoms. The molecule has 3 heterocycles. The number of hydrogen-bond acceptors (Lipinski definition) is 6. The molecule has 34 heavy (non-hydrogen) atoms. The van der Waals surface area contributed by atoms with Gasteiger partial charge in [0.2, 0.25) is 0 Å². The predicted molar refractivity (Wildman–Crippen MR) is 132 cm³/mol. The molecule has 0 aliphatic heterocycles. The van der Waals surface area contributed by atoms with Gasteiger partial charge in [-0.3, -0.25) is 9.78 Å². The van der Waals surface area contributed by atoms with Crippen molar-refractivity contribution in [3.63, 3.8) is 0 Å². The van der Waals surface area contributed by atoms with Crippen LogP contribution in [0, 0.1) is 0 Å². The van der Waals surface area contributed by atoms with Crippen LogP contribution >= 0.6 is 11.6 Å². The summed E-state index contributed by atoms with van der Waals surface area (Å²) in [6, 6.07) is 18.6. The van der Waals surface area contributed by atoms with Crippen LogP contribution in [-0.4, -0.2) is 15.1 Å². The van der Waals surface area contributed by atoms with E-state index in [1.54, 1.807) is 30.8 Å². The number of rotatable bonds is 7. The Hall–Kier alpha value is -4.10. The van der Waals surface area contributed by atoms with E-state index in [0.29, 0.717) is 21.9 Å². The second-order valence-corrected chi connectivity index (χ2v) is 8.30. The van der Waals surface area contributed by atoms with Crippen LogP contribution in [0.4, 0.5) is 5.69 Å². The number of ether oxygens (including phenoxy) is 1. The molecule has 0 radical (unpaired) electrons. The average molecular weight is 473 g/mol. The van der Waals surface area contributed by atoms with Crippen molar-refractivity contribution in [1.29, 1.82) is 0 Å². The first-order valence-electron chi connectivity index (χ1n) is 10.7. The Bertz CT molecular complexity index is 1480. The number of pyridine rings is 2. The van der Waals surface area contributed by atoms with Crippen molar-refractivity contribution in [3.05, 3.63) is 106 Å². The molecular weight excluding hydrogens is 452 g/mol. The zero-order valence-electron chi connectivity index (χ0n) is 18.3. The summed E-state index contributed by atoms with van der Waals surface area (Å²) < 4.78 is 10.8. The largest absolute Gasteiger partial charge is 0.486 e. The third-order valence-electron chi connectivity index (χ3n) is 5.51. The molecule has 0 aliphatic rings. The predicted octanol–water partition coefficient (Wildman–Crippen LogP) is 5.98. The van der Waals surface area contributed by atoms with Gasteiger partial charge in [0.1, 0.15) is 18.6 Å². The molecule has 0 saturated heterocycles. The van der Waals surface area contributed by atoms with E-state index >= 15 is 0 Å². The zero-order chi connectivity index (χ0) is 23.5. The van der Waals surface area contributed by atoms with Crippen LogP contribution in [0.5, 0.6) is 5.75 Å². The van der Waals surface area contributed by atoms with Crippen LogP contribution in [0.3, 0.4) is 0 Å². The van der Waals surface area contributed by atoms with Gasteiger partial charge in [-0.15, -0.1) is 0 Å². The molecule has 2 N–H and O–H groups in total. The Kier molecular flexibility index (Phi) is 6.01. The number of anilines is 1. The molecule has 0 saturated carbocycles. The van der Waals surface area contributed by atoms with Crippen molar-refractivity contribution in [2.24, 2.45) is 0 Å². The normalized spacial score (nSPS) is 11.9. The van der Waals surface area contributed by atoms with Crippen LogP contribution in [0.25, 0.3) is 22.0 Å². The molecule has 0 fully saturated rings. The van der Waals surface area contributed by atoms with E-state index in [1.165, 1.54) is 0 Å². The maximum atomic E-state index is 12.9. The number of H-pyrrole nitrogens is 1. The molecular formula is C26H21ClN4O3. The first-order valence-corrected chi connectivity index (χ1v) is 11.1. The number of aromatic amines is 1. The highest BCUT2D eigenvalue weighted by Crippen LogP contribution is 2.31. The van der Waals surface area contributed by atoms with Crippen molar-refractivity contribution in [1.82, 2.24) is 15.1 Å². The van der Waals surface area contributed by atoms with E-state index in [-0.39, 0.29) is 18.2 Å². The first kappa shape index (κ1) is 21.7. The molecule has 0 unspecified atom stereocenters. The van der Waals surface area contributed by atoms with Gasteiger partial charge in [0.25, 0.3) is 5.56 Å². The molecule has 8 heteroatoms. The van der Waals surface area contributed by atoms with Crippen molar-refractivity contribution in [2.45, 2.75) is 19.6 Å². The molecule has 0 amide bonds. The summed E-state index contributed by atoms with van der Waals surface area (Å²) >= 11 is 6.47. The molecule has 7 nitrogen and oxygen atoms in total. The van der Waals surface area contributed by atoms with Gasteiger partial charge in [-0.1, -0.05) is 35.0 Å². The molecule has 2 aromatic carbocycles. The number of nitrogens with zero attached hydrogens (tertiary/aromatic N) is 2. The highest BCUT2D eigenvalue weighted by Gasteiger charge is 2.14. The molecule has 5 aromatic rings. The SMILES string of the molecule is C[C@H](Nc1cccc(-c2cnoc2)c1)c1cc2cc(Cl)c(OCc3ccccn3)cc2[nH]c1=O. The lowest BCUT2D eigenvalue weighted by Crippen LogP contribution is -2.19. The van der Waals surface area contributed by atoms with Gasteiger partial charge in [-0.05, 0) is 48.9 Å². The Balaban J connectivity index is 1.38. The quantitative estimate of drug-likeness (QED) is 0.302. The fourth-order valence-electron chi connectivity index (χ4n) is 3.76. The third kappa shape index (κ3) is 4.65. The topological polar surface area (TPSA) is 93.0 Å². The summed E-state index contributed by atoms with van der Waals surface area (Å²) in [6.07, 6.45) is 4.96. The third-order valence-corrected chi connectivity index (χ3v) is 5.80. The van der Waals surface area contributed by atoms with Gasteiger partial charge < -0.3 is 19.6 Å². The van der Waals surface area contributed by atoms with Gasteiger partial charge in [-0.2, -0.15) is 0 Å². The van der Waals surface area contributed by atoms with Crippen LogP contribution in [-0.2, 0) is 6.61 Å². The van der Waals surface area contributed by atoms with Gasteiger partial charge in [-0.25, -0.2) is 0 Å². The fraction of sp³-hybridized carbons (Fsp3) is 0.115. The van der Waals surface area contributed by atoms with Gasteiger partial charge in [0.05, 0.1) is 28.5 Å². The minimum absolute atomic E-state index is 0.180. The molecule has 170 valence electrons. The maximum absolute atomic E-state index is 12.9. The van der Waals surface area contributed by atoms with E-state index in [9.17, 15) is 4.79 Å². The van der Waals surface area contributed by atoms with E-state index in [2.05, 4.69) is 20.4 Å². The van der Waals surface area contributed by atoms with Crippen molar-refractivity contribution in [2.75, 3.05) is 5.32 Å². The summed E-state index contributed by atoms with van der Waals surface area (Å²) in [5, 5.41) is 8.43. The monoisotopic (exact) mass is 472 g/mol. The summed E-state index contributed by atoms with van der Waals surface area (Å²) in [5.41, 5.74) is 4.58. The fourth-order valence-corrected chi connectivity index (χ4v) is 3.98. The molecule has 1 atom stereocenters. The molecule has 0 spiro atoms. The summed E-state index contributed by atoms with van der Waals surface area (Å²) in [6.45, 7) is 2.22. The minimum Gasteiger partial charge on any atom is -0.486 e. The lowest BCUT2D eigenvalue weighted by atomic mass is 10.1. The van der Waals surface area contributed by atoms with E-state index in [1.807, 2.05) is 55.5 Å². The van der Waals surface area contributed by atoms with E-state index in [4.69, 9.17) is 20.9 Å².